The van der Waals surface area contributed by atoms with E-state index in [2.05, 4.69) is 5.32 Å². The Bertz CT molecular complexity index is 585. The summed E-state index contributed by atoms with van der Waals surface area (Å²) < 4.78 is 30.9. The Balaban J connectivity index is 1.87. The summed E-state index contributed by atoms with van der Waals surface area (Å²) in [6.07, 6.45) is 1.57. The van der Waals surface area contributed by atoms with Crippen LogP contribution in [0, 0.1) is 11.6 Å². The molecule has 2 rings (SSSR count). The van der Waals surface area contributed by atoms with Gasteiger partial charge in [-0.2, -0.15) is 0 Å². The number of furan rings is 1. The Morgan fingerprint density at radius 2 is 2.10 bits per heavy atom. The van der Waals surface area contributed by atoms with E-state index in [4.69, 9.17) is 4.42 Å². The molecule has 2 N–H and O–H groups in total. The first-order chi connectivity index (χ1) is 9.54. The molecule has 0 saturated heterocycles. The van der Waals surface area contributed by atoms with Gasteiger partial charge >= 0.3 is 0 Å². The van der Waals surface area contributed by atoms with Gasteiger partial charge in [-0.1, -0.05) is 0 Å². The molecule has 1 atom stereocenters. The molecule has 4 nitrogen and oxygen atoms in total. The first-order valence-corrected chi connectivity index (χ1v) is 6.13. The molecule has 1 aromatic carbocycles. The number of nitrogens with one attached hydrogen (secondary N) is 2. The van der Waals surface area contributed by atoms with Crippen molar-refractivity contribution in [3.05, 3.63) is 54.0 Å². The summed E-state index contributed by atoms with van der Waals surface area (Å²) in [5.41, 5.74) is 0.236. The van der Waals surface area contributed by atoms with E-state index in [0.29, 0.717) is 6.54 Å². The number of benzene rings is 1. The topological polar surface area (TPSA) is 46.7 Å². The van der Waals surface area contributed by atoms with E-state index < -0.39 is 11.6 Å². The molecule has 0 saturated carbocycles. The molecule has 1 aromatic heterocycles. The van der Waals surface area contributed by atoms with Gasteiger partial charge < -0.3 is 14.6 Å². The van der Waals surface area contributed by atoms with Crippen molar-refractivity contribution in [2.75, 3.05) is 18.9 Å². The zero-order valence-corrected chi connectivity index (χ0v) is 11.0. The molecule has 20 heavy (non-hydrogen) atoms. The molecular weight excluding hydrogens is 266 g/mol. The highest BCUT2D eigenvalue weighted by Gasteiger charge is 2.13. The van der Waals surface area contributed by atoms with Crippen LogP contribution in [0.2, 0.25) is 0 Å². The van der Waals surface area contributed by atoms with Gasteiger partial charge in [-0.15, -0.1) is 0 Å². The molecule has 0 spiro atoms. The van der Waals surface area contributed by atoms with Crippen LogP contribution in [0.15, 0.2) is 41.0 Å². The normalized spacial score (nSPS) is 12.2. The highest BCUT2D eigenvalue weighted by atomic mass is 19.2. The molecular formula is C14H15F2N2O2+. The predicted octanol–water partition coefficient (Wildman–Crippen LogP) is 1.21. The Morgan fingerprint density at radius 3 is 2.75 bits per heavy atom. The highest BCUT2D eigenvalue weighted by molar-refractivity contribution is 5.91. The lowest BCUT2D eigenvalue weighted by atomic mass is 10.3. The Hall–Kier alpha value is -2.21. The number of quaternary nitrogens is 1. The van der Waals surface area contributed by atoms with Gasteiger partial charge in [-0.05, 0) is 24.3 Å². The van der Waals surface area contributed by atoms with Gasteiger partial charge in [0.25, 0.3) is 5.91 Å². The van der Waals surface area contributed by atoms with Crippen LogP contribution in [0.3, 0.4) is 0 Å². The fourth-order valence-corrected chi connectivity index (χ4v) is 1.83. The average Bonchev–Trinajstić information content (AvgIpc) is 2.86. The second-order valence-corrected chi connectivity index (χ2v) is 4.57. The van der Waals surface area contributed by atoms with E-state index in [1.807, 2.05) is 13.1 Å². The lowest BCUT2D eigenvalue weighted by Crippen LogP contribution is -3.08. The van der Waals surface area contributed by atoms with Crippen LogP contribution < -0.4 is 10.2 Å². The number of rotatable bonds is 5. The molecule has 0 aliphatic carbocycles. The van der Waals surface area contributed by atoms with Crippen LogP contribution in [-0.2, 0) is 11.3 Å². The number of halogens is 2. The molecule has 1 heterocycles. The lowest BCUT2D eigenvalue weighted by Gasteiger charge is -2.12. The third-order valence-corrected chi connectivity index (χ3v) is 2.72. The smallest absolute Gasteiger partial charge is 0.279 e. The number of hydrogen-bond acceptors (Lipinski definition) is 2. The standard InChI is InChI=1S/C14H14F2N2O2/c1-18(8-11-3-2-6-20-11)9-14(19)17-10-4-5-12(15)13(16)7-10/h2-7H,8-9H2,1H3,(H,17,19)/p+1. The van der Waals surface area contributed by atoms with Gasteiger partial charge in [0.2, 0.25) is 0 Å². The van der Waals surface area contributed by atoms with Crippen LogP contribution >= 0.6 is 0 Å². The van der Waals surface area contributed by atoms with E-state index in [0.717, 1.165) is 22.8 Å². The molecule has 6 heteroatoms. The number of anilines is 1. The molecule has 0 bridgehead atoms. The van der Waals surface area contributed by atoms with Crippen molar-refractivity contribution in [3.8, 4) is 0 Å². The summed E-state index contributed by atoms with van der Waals surface area (Å²) in [5.74, 6) is -1.43. The van der Waals surface area contributed by atoms with E-state index in [1.165, 1.54) is 6.07 Å². The minimum atomic E-state index is -0.987. The first-order valence-electron chi connectivity index (χ1n) is 6.13. The van der Waals surface area contributed by atoms with Crippen molar-refractivity contribution < 1.29 is 22.9 Å². The molecule has 0 radical (unpaired) electrons. The van der Waals surface area contributed by atoms with Gasteiger partial charge in [0, 0.05) is 11.8 Å². The molecule has 106 valence electrons. The number of carbonyl (C=O) groups excluding carboxylic acids is 1. The number of amides is 1. The second kappa shape index (κ2) is 6.29. The fraction of sp³-hybridized carbons (Fsp3) is 0.214. The van der Waals surface area contributed by atoms with E-state index in [1.54, 1.807) is 12.3 Å². The summed E-state index contributed by atoms with van der Waals surface area (Å²) in [6, 6.07) is 6.86. The van der Waals surface area contributed by atoms with Crippen molar-refractivity contribution in [2.45, 2.75) is 6.54 Å². The van der Waals surface area contributed by atoms with Gasteiger partial charge in [0.05, 0.1) is 13.3 Å². The van der Waals surface area contributed by atoms with Gasteiger partial charge in [0.15, 0.2) is 23.9 Å². The fourth-order valence-electron chi connectivity index (χ4n) is 1.83. The van der Waals surface area contributed by atoms with Crippen LogP contribution in [0.5, 0.6) is 0 Å². The van der Waals surface area contributed by atoms with Crippen molar-refractivity contribution in [3.63, 3.8) is 0 Å². The minimum absolute atomic E-state index is 0.194. The Labute approximate surface area is 115 Å². The lowest BCUT2D eigenvalue weighted by molar-refractivity contribution is -0.886. The number of hydrogen-bond donors (Lipinski definition) is 2. The van der Waals surface area contributed by atoms with E-state index in [9.17, 15) is 13.6 Å². The maximum atomic E-state index is 13.0. The van der Waals surface area contributed by atoms with Gasteiger partial charge in [-0.3, -0.25) is 4.79 Å². The number of carbonyl (C=O) groups is 1. The first kappa shape index (κ1) is 14.2. The van der Waals surface area contributed by atoms with E-state index >= 15 is 0 Å². The Morgan fingerprint density at radius 1 is 1.30 bits per heavy atom. The summed E-state index contributed by atoms with van der Waals surface area (Å²) in [7, 11) is 1.84. The predicted molar refractivity (Wildman–Crippen MR) is 69.2 cm³/mol. The van der Waals surface area contributed by atoms with Crippen LogP contribution in [0.25, 0.3) is 0 Å². The second-order valence-electron chi connectivity index (χ2n) is 4.57. The summed E-state index contributed by atoms with van der Waals surface area (Å²) in [6.45, 7) is 0.762. The van der Waals surface area contributed by atoms with Crippen LogP contribution in [-0.4, -0.2) is 19.5 Å². The molecule has 1 unspecified atom stereocenters. The van der Waals surface area contributed by atoms with Gasteiger partial charge in [0.1, 0.15) is 6.54 Å². The minimum Gasteiger partial charge on any atom is -0.463 e. The molecule has 1 amide bonds. The summed E-state index contributed by atoms with van der Waals surface area (Å²) in [4.78, 5) is 12.7. The van der Waals surface area contributed by atoms with Crippen LogP contribution in [0.4, 0.5) is 14.5 Å². The molecule has 0 fully saturated rings. The SMILES string of the molecule is C[NH+](CC(=O)Nc1ccc(F)c(F)c1)Cc1ccco1. The van der Waals surface area contributed by atoms with Gasteiger partial charge in [-0.25, -0.2) is 8.78 Å². The molecule has 0 aliphatic heterocycles. The summed E-state index contributed by atoms with van der Waals surface area (Å²) >= 11 is 0. The zero-order chi connectivity index (χ0) is 14.5. The number of likely N-dealkylation sites (N-methyl/N-ethyl adjacent to an activating group) is 1. The third kappa shape index (κ3) is 3.89. The highest BCUT2D eigenvalue weighted by Crippen LogP contribution is 2.12. The quantitative estimate of drug-likeness (QED) is 0.865. The van der Waals surface area contributed by atoms with Crippen molar-refractivity contribution in [1.29, 1.82) is 0 Å². The molecule has 0 aliphatic rings. The van der Waals surface area contributed by atoms with Crippen molar-refractivity contribution in [2.24, 2.45) is 0 Å². The average molecular weight is 281 g/mol. The largest absolute Gasteiger partial charge is 0.463 e. The maximum Gasteiger partial charge on any atom is 0.279 e. The Kier molecular flexibility index (Phi) is 4.47. The van der Waals surface area contributed by atoms with Crippen molar-refractivity contribution in [1.82, 2.24) is 0 Å². The van der Waals surface area contributed by atoms with E-state index in [-0.39, 0.29) is 18.1 Å². The third-order valence-electron chi connectivity index (χ3n) is 2.72. The summed E-state index contributed by atoms with van der Waals surface area (Å²) in [5, 5.41) is 2.52. The van der Waals surface area contributed by atoms with Crippen LogP contribution in [0.1, 0.15) is 5.76 Å². The monoisotopic (exact) mass is 281 g/mol. The zero-order valence-electron chi connectivity index (χ0n) is 11.0. The van der Waals surface area contributed by atoms with Crippen molar-refractivity contribution >= 4 is 11.6 Å². The maximum absolute atomic E-state index is 13.0. The molecule has 2 aromatic rings.